The summed E-state index contributed by atoms with van der Waals surface area (Å²) in [6.45, 7) is 4.53. The van der Waals surface area contributed by atoms with Gasteiger partial charge in [-0.1, -0.05) is 63.9 Å². The highest BCUT2D eigenvalue weighted by atomic mass is 79.9. The predicted octanol–water partition coefficient (Wildman–Crippen LogP) is 8.06. The van der Waals surface area contributed by atoms with Crippen LogP contribution in [-0.2, 0) is 0 Å². The van der Waals surface area contributed by atoms with Crippen molar-refractivity contribution in [3.05, 3.63) is 80.9 Å². The first-order chi connectivity index (χ1) is 12.1. The first kappa shape index (κ1) is 18.5. The van der Waals surface area contributed by atoms with E-state index in [1.54, 1.807) is 0 Å². The monoisotopic (exact) mass is 459 g/mol. The Morgan fingerprint density at radius 3 is 2.00 bits per heavy atom. The largest absolute Gasteiger partial charge is 0.314 e. The number of halogens is 2. The zero-order valence-corrected chi connectivity index (χ0v) is 17.8. The molecule has 1 unspecified atom stereocenters. The molecule has 2 aromatic rings. The average Bonchev–Trinajstić information content (AvgIpc) is 2.65. The Labute approximate surface area is 167 Å². The fraction of sp³-hybridized carbons (Fsp3) is 0.273. The van der Waals surface area contributed by atoms with Gasteiger partial charge in [0.25, 0.3) is 0 Å². The van der Waals surface area contributed by atoms with Crippen molar-refractivity contribution >= 4 is 43.2 Å². The highest BCUT2D eigenvalue weighted by Crippen LogP contribution is 2.36. The van der Waals surface area contributed by atoms with Gasteiger partial charge in [-0.15, -0.1) is 0 Å². The highest BCUT2D eigenvalue weighted by molar-refractivity contribution is 9.11. The second kappa shape index (κ2) is 8.37. The summed E-state index contributed by atoms with van der Waals surface area (Å²) in [7, 11) is 0. The molecule has 0 aliphatic heterocycles. The lowest BCUT2D eigenvalue weighted by molar-refractivity contribution is 0.733. The van der Waals surface area contributed by atoms with E-state index in [4.69, 9.17) is 0 Å². The van der Waals surface area contributed by atoms with Gasteiger partial charge < -0.3 is 4.90 Å². The zero-order chi connectivity index (χ0) is 17.8. The quantitative estimate of drug-likeness (QED) is 0.436. The van der Waals surface area contributed by atoms with Gasteiger partial charge in [0.15, 0.2) is 0 Å². The number of hydrogen-bond acceptors (Lipinski definition) is 1. The molecule has 0 radical (unpaired) electrons. The third-order valence-corrected chi connectivity index (χ3v) is 5.97. The summed E-state index contributed by atoms with van der Waals surface area (Å²) in [5, 5.41) is 0. The smallest absolute Gasteiger partial charge is 0.0459 e. The van der Waals surface area contributed by atoms with Crippen molar-refractivity contribution in [1.29, 1.82) is 0 Å². The number of hydrogen-bond donors (Lipinski definition) is 0. The van der Waals surface area contributed by atoms with Crippen LogP contribution >= 0.6 is 31.9 Å². The van der Waals surface area contributed by atoms with Crippen LogP contribution in [0.25, 0.3) is 0 Å². The summed E-state index contributed by atoms with van der Waals surface area (Å²) >= 11 is 7.15. The third kappa shape index (κ3) is 4.45. The molecule has 0 spiro atoms. The van der Waals surface area contributed by atoms with E-state index in [1.807, 2.05) is 0 Å². The first-order valence-electron chi connectivity index (χ1n) is 8.79. The zero-order valence-electron chi connectivity index (χ0n) is 14.7. The molecule has 3 heteroatoms. The second-order valence-electron chi connectivity index (χ2n) is 6.48. The van der Waals surface area contributed by atoms with E-state index in [9.17, 15) is 0 Å². The van der Waals surface area contributed by atoms with Crippen molar-refractivity contribution in [1.82, 2.24) is 0 Å². The number of rotatable bonds is 5. The summed E-state index contributed by atoms with van der Waals surface area (Å²) < 4.78 is 2.36. The molecule has 0 fully saturated rings. The lowest BCUT2D eigenvalue weighted by atomic mass is 9.98. The normalized spacial score (nSPS) is 15.4. The van der Waals surface area contributed by atoms with Crippen molar-refractivity contribution < 1.29 is 0 Å². The van der Waals surface area contributed by atoms with Gasteiger partial charge in [0.2, 0.25) is 0 Å². The summed E-state index contributed by atoms with van der Waals surface area (Å²) in [4.78, 5) is 2.36. The summed E-state index contributed by atoms with van der Waals surface area (Å²) in [6.07, 6.45) is 7.63. The number of benzene rings is 2. The standard InChI is InChI=1S/C22H23Br2N/c1-3-16(2)17-4-10-20(11-5-17)25(21-12-6-18(23)7-13-21)22-14-8-19(24)9-15-22/h4-8,10-14,16H,3,9,15H2,1-2H3. The van der Waals surface area contributed by atoms with Crippen LogP contribution in [0.2, 0.25) is 0 Å². The second-order valence-corrected chi connectivity index (χ2v) is 8.42. The first-order valence-corrected chi connectivity index (χ1v) is 10.4. The molecule has 0 N–H and O–H groups in total. The van der Waals surface area contributed by atoms with Crippen LogP contribution in [0.5, 0.6) is 0 Å². The van der Waals surface area contributed by atoms with Gasteiger partial charge in [-0.3, -0.25) is 0 Å². The SMILES string of the molecule is CCC(C)c1ccc(N(C2=CC=C(Br)CC2)c2ccc(Br)cc2)cc1. The Bertz CT molecular complexity index is 773. The van der Waals surface area contributed by atoms with Crippen LogP contribution in [0, 0.1) is 0 Å². The Hall–Kier alpha value is -1.32. The van der Waals surface area contributed by atoms with E-state index in [0.717, 1.165) is 17.3 Å². The van der Waals surface area contributed by atoms with Gasteiger partial charge in [-0.05, 0) is 77.7 Å². The molecule has 1 aliphatic carbocycles. The van der Waals surface area contributed by atoms with Crippen molar-refractivity contribution in [2.45, 2.75) is 39.0 Å². The fourth-order valence-electron chi connectivity index (χ4n) is 3.05. The minimum absolute atomic E-state index is 0.600. The van der Waals surface area contributed by atoms with Gasteiger partial charge in [-0.2, -0.15) is 0 Å². The minimum Gasteiger partial charge on any atom is -0.314 e. The van der Waals surface area contributed by atoms with Gasteiger partial charge in [-0.25, -0.2) is 0 Å². The van der Waals surface area contributed by atoms with E-state index >= 15 is 0 Å². The van der Waals surface area contributed by atoms with Gasteiger partial charge in [0.05, 0.1) is 0 Å². The molecule has 3 rings (SSSR count). The van der Waals surface area contributed by atoms with Gasteiger partial charge in [0, 0.05) is 21.5 Å². The molecular weight excluding hydrogens is 438 g/mol. The van der Waals surface area contributed by atoms with Crippen LogP contribution < -0.4 is 4.90 Å². The van der Waals surface area contributed by atoms with Crippen LogP contribution in [0.3, 0.4) is 0 Å². The highest BCUT2D eigenvalue weighted by Gasteiger charge is 2.17. The summed E-state index contributed by atoms with van der Waals surface area (Å²) in [5.74, 6) is 0.600. The van der Waals surface area contributed by atoms with Crippen molar-refractivity contribution in [3.63, 3.8) is 0 Å². The molecular formula is C22H23Br2N. The van der Waals surface area contributed by atoms with E-state index in [2.05, 4.69) is 111 Å². The Morgan fingerprint density at radius 1 is 0.880 bits per heavy atom. The molecule has 130 valence electrons. The lowest BCUT2D eigenvalue weighted by Crippen LogP contribution is -2.17. The molecule has 2 aromatic carbocycles. The molecule has 1 atom stereocenters. The van der Waals surface area contributed by atoms with E-state index in [1.165, 1.54) is 33.5 Å². The van der Waals surface area contributed by atoms with Crippen LogP contribution in [0.4, 0.5) is 11.4 Å². The lowest BCUT2D eigenvalue weighted by Gasteiger charge is -2.29. The number of anilines is 2. The van der Waals surface area contributed by atoms with Crippen molar-refractivity contribution in [2.24, 2.45) is 0 Å². The third-order valence-electron chi connectivity index (χ3n) is 4.78. The van der Waals surface area contributed by atoms with Crippen molar-refractivity contribution in [2.75, 3.05) is 4.90 Å². The van der Waals surface area contributed by atoms with E-state index in [0.29, 0.717) is 5.92 Å². The average molecular weight is 461 g/mol. The molecule has 0 aromatic heterocycles. The van der Waals surface area contributed by atoms with Crippen molar-refractivity contribution in [3.8, 4) is 0 Å². The fourth-order valence-corrected chi connectivity index (χ4v) is 3.64. The summed E-state index contributed by atoms with van der Waals surface area (Å²) in [5.41, 5.74) is 5.13. The van der Waals surface area contributed by atoms with Crippen LogP contribution in [-0.4, -0.2) is 0 Å². The van der Waals surface area contributed by atoms with Gasteiger partial charge >= 0.3 is 0 Å². The van der Waals surface area contributed by atoms with E-state index in [-0.39, 0.29) is 0 Å². The maximum Gasteiger partial charge on any atom is 0.0459 e. The molecule has 0 bridgehead atoms. The molecule has 25 heavy (non-hydrogen) atoms. The van der Waals surface area contributed by atoms with Crippen LogP contribution in [0.1, 0.15) is 44.6 Å². The van der Waals surface area contributed by atoms with Crippen LogP contribution in [0.15, 0.2) is 75.3 Å². The maximum atomic E-state index is 3.61. The number of nitrogens with zero attached hydrogens (tertiary/aromatic N) is 1. The summed E-state index contributed by atoms with van der Waals surface area (Å²) in [6, 6.07) is 17.6. The number of allylic oxidation sites excluding steroid dienone is 4. The maximum absolute atomic E-state index is 3.61. The topological polar surface area (TPSA) is 3.24 Å². The Kier molecular flexibility index (Phi) is 6.19. The minimum atomic E-state index is 0.600. The Morgan fingerprint density at radius 2 is 1.48 bits per heavy atom. The van der Waals surface area contributed by atoms with E-state index < -0.39 is 0 Å². The molecule has 0 amide bonds. The molecule has 1 nitrogen and oxygen atoms in total. The molecule has 1 aliphatic rings. The Balaban J connectivity index is 2.00. The van der Waals surface area contributed by atoms with Gasteiger partial charge in [0.1, 0.15) is 0 Å². The molecule has 0 heterocycles. The predicted molar refractivity (Wildman–Crippen MR) is 116 cm³/mol. The molecule has 0 saturated heterocycles. The molecule has 0 saturated carbocycles.